The molecule has 0 aliphatic heterocycles. The van der Waals surface area contributed by atoms with Gasteiger partial charge in [0.15, 0.2) is 0 Å². The van der Waals surface area contributed by atoms with Crippen LogP contribution in [0.15, 0.2) is 455 Å². The molecule has 0 aromatic heterocycles. The maximum atomic E-state index is 2.67. The number of hydrogen-bond acceptors (Lipinski definition) is 2. The zero-order chi connectivity index (χ0) is 79.9. The highest BCUT2D eigenvalue weighted by molar-refractivity contribution is 5.96. The lowest BCUT2D eigenvalue weighted by molar-refractivity contribution is 0.425. The molecule has 120 heavy (non-hydrogen) atoms. The quantitative estimate of drug-likeness (QED) is 0.101. The molecule has 0 fully saturated rings. The molecule has 0 spiro atoms. The van der Waals surface area contributed by atoms with Crippen LogP contribution in [0.1, 0.15) is 133 Å². The Morgan fingerprint density at radius 1 is 0.175 bits per heavy atom. The van der Waals surface area contributed by atoms with Crippen LogP contribution in [-0.4, -0.2) is 0 Å². The fourth-order valence-electron chi connectivity index (χ4n) is 23.3. The van der Waals surface area contributed by atoms with E-state index in [-0.39, 0.29) is 5.41 Å². The Bertz CT molecular complexity index is 6510. The second kappa shape index (κ2) is 27.3. The highest BCUT2D eigenvalue weighted by Crippen LogP contribution is 2.65. The van der Waals surface area contributed by atoms with Crippen LogP contribution in [-0.2, 0) is 32.5 Å². The maximum absolute atomic E-state index is 2.67. The maximum Gasteiger partial charge on any atom is 0.0714 e. The second-order valence-corrected chi connectivity index (χ2v) is 34.3. The van der Waals surface area contributed by atoms with Gasteiger partial charge in [0.05, 0.1) is 27.3 Å². The summed E-state index contributed by atoms with van der Waals surface area (Å²) in [6, 6.07) is 173. The van der Waals surface area contributed by atoms with Crippen molar-refractivity contribution >= 4 is 34.1 Å². The molecule has 2 nitrogen and oxygen atoms in total. The van der Waals surface area contributed by atoms with Gasteiger partial charge >= 0.3 is 0 Å². The van der Waals surface area contributed by atoms with Gasteiger partial charge in [-0.1, -0.05) is 409 Å². The minimum Gasteiger partial charge on any atom is -0.310 e. The summed E-state index contributed by atoms with van der Waals surface area (Å²) < 4.78 is 0. The summed E-state index contributed by atoms with van der Waals surface area (Å²) in [5.41, 5.74) is 36.9. The number of nitrogens with zero attached hydrogens (tertiary/aromatic N) is 2. The molecule has 0 amide bonds. The summed E-state index contributed by atoms with van der Waals surface area (Å²) >= 11 is 0. The zero-order valence-corrected chi connectivity index (χ0v) is 67.4. The first-order valence-electron chi connectivity index (χ1n) is 42.4. The fraction of sp³-hybridized carbons (Fsp3) is 0.0847. The van der Waals surface area contributed by atoms with E-state index in [9.17, 15) is 0 Å². The average Bonchev–Trinajstić information content (AvgIpc) is 1.52. The van der Waals surface area contributed by atoms with Gasteiger partial charge in [0.1, 0.15) is 0 Å². The van der Waals surface area contributed by atoms with E-state index in [1.807, 2.05) is 0 Å². The van der Waals surface area contributed by atoms with Crippen LogP contribution >= 0.6 is 0 Å². The van der Waals surface area contributed by atoms with Crippen LogP contribution in [0.3, 0.4) is 0 Å². The number of hydrogen-bond donors (Lipinski definition) is 0. The molecular weight excluding hydrogens is 1450 g/mol. The van der Waals surface area contributed by atoms with Crippen LogP contribution in [0.25, 0.3) is 44.5 Å². The third kappa shape index (κ3) is 10.0. The van der Waals surface area contributed by atoms with Crippen LogP contribution in [0.5, 0.6) is 0 Å². The summed E-state index contributed by atoms with van der Waals surface area (Å²) in [5, 5.41) is 0. The zero-order valence-electron chi connectivity index (χ0n) is 67.4. The summed E-state index contributed by atoms with van der Waals surface area (Å²) in [5.74, 6) is 0. The van der Waals surface area contributed by atoms with E-state index in [0.29, 0.717) is 0 Å². The van der Waals surface area contributed by atoms with E-state index in [1.165, 1.54) is 150 Å². The predicted molar refractivity (Wildman–Crippen MR) is 496 cm³/mol. The second-order valence-electron chi connectivity index (χ2n) is 34.3. The van der Waals surface area contributed by atoms with Crippen molar-refractivity contribution in [3.05, 3.63) is 561 Å². The van der Waals surface area contributed by atoms with Crippen LogP contribution in [0.2, 0.25) is 0 Å². The van der Waals surface area contributed by atoms with Crippen molar-refractivity contribution < 1.29 is 0 Å². The number of benzene rings is 18. The van der Waals surface area contributed by atoms with Gasteiger partial charge in [0.25, 0.3) is 0 Å². The molecule has 1 atom stereocenters. The van der Waals surface area contributed by atoms with Crippen molar-refractivity contribution in [3.63, 3.8) is 0 Å². The lowest BCUT2D eigenvalue weighted by Gasteiger charge is -2.38. The van der Waals surface area contributed by atoms with E-state index >= 15 is 0 Å². The minimum atomic E-state index is -0.659. The summed E-state index contributed by atoms with van der Waals surface area (Å²) in [4.78, 5) is 5.27. The molecule has 5 aliphatic carbocycles. The number of rotatable bonds is 15. The van der Waals surface area contributed by atoms with Gasteiger partial charge in [0, 0.05) is 33.9 Å². The molecule has 0 saturated carbocycles. The van der Waals surface area contributed by atoms with Crippen LogP contribution in [0, 0.1) is 0 Å². The Hall–Kier alpha value is -14.4. The van der Waals surface area contributed by atoms with Crippen molar-refractivity contribution in [1.82, 2.24) is 0 Å². The molecular formula is C118H86N2. The molecule has 0 saturated heterocycles. The Kier molecular flexibility index (Phi) is 16.2. The minimum absolute atomic E-state index is 0.285. The smallest absolute Gasteiger partial charge is 0.0714 e. The molecule has 1 unspecified atom stereocenters. The Labute approximate surface area is 704 Å². The van der Waals surface area contributed by atoms with Gasteiger partial charge in [-0.2, -0.15) is 0 Å². The molecule has 0 radical (unpaired) electrons. The van der Waals surface area contributed by atoms with Gasteiger partial charge in [-0.25, -0.2) is 0 Å². The van der Waals surface area contributed by atoms with Crippen molar-refractivity contribution in [3.8, 4) is 44.5 Å². The Balaban J connectivity index is 0.776. The highest BCUT2D eigenvalue weighted by atomic mass is 15.2. The third-order valence-corrected chi connectivity index (χ3v) is 27.9. The first-order chi connectivity index (χ1) is 59.1. The van der Waals surface area contributed by atoms with Crippen LogP contribution < -0.4 is 9.80 Å². The average molecular weight is 1530 g/mol. The van der Waals surface area contributed by atoms with Crippen molar-refractivity contribution in [1.29, 1.82) is 0 Å². The van der Waals surface area contributed by atoms with Gasteiger partial charge in [-0.05, 0) is 229 Å². The van der Waals surface area contributed by atoms with Gasteiger partial charge in [-0.15, -0.1) is 0 Å². The van der Waals surface area contributed by atoms with Crippen molar-refractivity contribution in [2.75, 3.05) is 9.80 Å². The standard InChI is InChI=1S/C118H86N2/c1-113(2)79-114(3,88-54-36-55-89(74-88)119(90-66-70-98-94-56-28-32-60-102(94)115(107(98)75-90,80-38-12-4-13-39-80)81-40-14-5-15-41-81)91-67-71-99-95-57-29-33-61-103(95)116(108(99)76-91,82-42-16-6-17-43-82)83-44-18-7-19-45-83)112-106(113)64-37-65-111(112)120(92-68-72-100-96-58-30-34-62-104(96)117(109(100)77-92,84-46-20-8-21-47-84)85-48-22-9-23-49-85)93-69-73-101-97-59-31-35-63-105(97)118(110(101)78-93,86-50-24-10-25-51-86)87-52-26-11-27-53-87/h4-78H,79H2,1-3H3. The van der Waals surface area contributed by atoms with E-state index < -0.39 is 27.1 Å². The lowest BCUT2D eigenvalue weighted by atomic mass is 9.67. The SMILES string of the molecule is CC1(C)CC(C)(c2cccc(N(c3ccc4c(c3)C(c3ccccc3)(c3ccccc3)c3ccccc3-4)c3ccc4c(c3)C(c3ccccc3)(c3ccccc3)c3ccccc3-4)c2)c2c(N(c3ccc4c(c3)C(c3ccccc3)(c3ccccc3)c3ccccc3-4)c3ccc4c(c3)C(c3ccccc3)(c3ccccc3)c3ccccc3-4)cccc21. The molecule has 0 N–H and O–H groups in total. The lowest BCUT2D eigenvalue weighted by Crippen LogP contribution is -2.29. The largest absolute Gasteiger partial charge is 0.310 e. The first-order valence-corrected chi connectivity index (χ1v) is 42.4. The first kappa shape index (κ1) is 70.9. The van der Waals surface area contributed by atoms with E-state index in [2.05, 4.69) is 486 Å². The fourth-order valence-corrected chi connectivity index (χ4v) is 23.3. The molecule has 2 heteroatoms. The molecule has 18 aromatic carbocycles. The summed E-state index contributed by atoms with van der Waals surface area (Å²) in [6.07, 6.45) is 0.848. The van der Waals surface area contributed by atoms with E-state index in [0.717, 1.165) is 40.5 Å². The molecule has 0 bridgehead atoms. The monoisotopic (exact) mass is 1530 g/mol. The van der Waals surface area contributed by atoms with Gasteiger partial charge in [0.2, 0.25) is 0 Å². The van der Waals surface area contributed by atoms with E-state index in [4.69, 9.17) is 0 Å². The van der Waals surface area contributed by atoms with Gasteiger partial charge in [-0.3, -0.25) is 0 Å². The topological polar surface area (TPSA) is 6.48 Å². The van der Waals surface area contributed by atoms with Crippen molar-refractivity contribution in [2.45, 2.75) is 59.7 Å². The number of fused-ring (bicyclic) bond motifs is 13. The predicted octanol–water partition coefficient (Wildman–Crippen LogP) is 29.1. The summed E-state index contributed by atoms with van der Waals surface area (Å²) in [6.45, 7) is 7.55. The summed E-state index contributed by atoms with van der Waals surface area (Å²) in [7, 11) is 0. The van der Waals surface area contributed by atoms with Gasteiger partial charge < -0.3 is 9.80 Å². The van der Waals surface area contributed by atoms with Crippen molar-refractivity contribution in [2.24, 2.45) is 0 Å². The highest BCUT2D eigenvalue weighted by Gasteiger charge is 2.54. The van der Waals surface area contributed by atoms with E-state index in [1.54, 1.807) is 0 Å². The molecule has 18 aromatic rings. The normalized spacial score (nSPS) is 16.1. The number of anilines is 6. The Morgan fingerprint density at radius 3 is 0.692 bits per heavy atom. The molecule has 23 rings (SSSR count). The third-order valence-electron chi connectivity index (χ3n) is 27.9. The molecule has 568 valence electrons. The van der Waals surface area contributed by atoms with Crippen LogP contribution in [0.4, 0.5) is 34.1 Å². The molecule has 5 aliphatic rings. The molecule has 0 heterocycles. The Morgan fingerprint density at radius 2 is 0.400 bits per heavy atom.